The minimum absolute atomic E-state index is 0.524. The number of methoxy groups -OCH3 is 1. The van der Waals surface area contributed by atoms with Crippen molar-refractivity contribution >= 4 is 11.3 Å². The van der Waals surface area contributed by atoms with Crippen molar-refractivity contribution in [3.63, 3.8) is 0 Å². The number of hydrogen-bond acceptors (Lipinski definition) is 5. The van der Waals surface area contributed by atoms with E-state index in [9.17, 15) is 5.26 Å². The highest BCUT2D eigenvalue weighted by Crippen LogP contribution is 2.35. The van der Waals surface area contributed by atoms with Crippen molar-refractivity contribution in [2.75, 3.05) is 26.1 Å². The summed E-state index contributed by atoms with van der Waals surface area (Å²) in [5.41, 5.74) is 8.86. The highest BCUT2D eigenvalue weighted by atomic mass is 16.5. The Hall–Kier alpha value is -3.13. The topological polar surface area (TPSA) is 77.5 Å². The third-order valence-corrected chi connectivity index (χ3v) is 3.61. The highest BCUT2D eigenvalue weighted by Gasteiger charge is 2.12. The quantitative estimate of drug-likeness (QED) is 0.609. The van der Waals surface area contributed by atoms with E-state index in [2.05, 4.69) is 6.07 Å². The summed E-state index contributed by atoms with van der Waals surface area (Å²) in [5, 5.41) is 9.21. The van der Waals surface area contributed by atoms with Crippen LogP contribution < -0.4 is 19.9 Å². The molecule has 0 heterocycles. The number of anilines is 1. The second-order valence-corrected chi connectivity index (χ2v) is 5.17. The van der Waals surface area contributed by atoms with Gasteiger partial charge in [0.15, 0.2) is 11.5 Å². The molecule has 2 N–H and O–H groups in total. The number of nitriles is 1. The first-order valence-electron chi connectivity index (χ1n) is 8.08. The van der Waals surface area contributed by atoms with Gasteiger partial charge in [0.2, 0.25) is 0 Å². The number of nitrogens with two attached hydrogens (primary N) is 1. The van der Waals surface area contributed by atoms with Gasteiger partial charge in [0.05, 0.1) is 32.1 Å². The number of nitrogens with zero attached hydrogens (tertiary/aromatic N) is 1. The molecule has 0 aromatic heterocycles. The molecule has 0 saturated heterocycles. The summed E-state index contributed by atoms with van der Waals surface area (Å²) in [4.78, 5) is 0. The molecule has 5 nitrogen and oxygen atoms in total. The molecule has 25 heavy (non-hydrogen) atoms. The summed E-state index contributed by atoms with van der Waals surface area (Å²) in [5.74, 6) is 1.89. The molecular formula is C20H22N2O3. The van der Waals surface area contributed by atoms with E-state index in [0.29, 0.717) is 36.1 Å². The predicted octanol–water partition coefficient (Wildman–Crippen LogP) is 4.03. The molecule has 0 saturated carbocycles. The first-order chi connectivity index (χ1) is 12.1. The lowest BCUT2D eigenvalue weighted by Gasteiger charge is -2.15. The summed E-state index contributed by atoms with van der Waals surface area (Å²) in [6.07, 6.45) is 1.50. The Morgan fingerprint density at radius 2 is 1.60 bits per heavy atom. The van der Waals surface area contributed by atoms with E-state index in [1.54, 1.807) is 13.2 Å². The molecule has 0 bridgehead atoms. The average Bonchev–Trinajstić information content (AvgIpc) is 2.62. The van der Waals surface area contributed by atoms with Crippen LogP contribution in [-0.2, 0) is 0 Å². The fourth-order valence-electron chi connectivity index (χ4n) is 2.50. The first-order valence-corrected chi connectivity index (χ1v) is 8.08. The van der Waals surface area contributed by atoms with Crippen LogP contribution >= 0.6 is 0 Å². The summed E-state index contributed by atoms with van der Waals surface area (Å²) >= 11 is 0. The Labute approximate surface area is 148 Å². The molecule has 2 rings (SSSR count). The lowest BCUT2D eigenvalue weighted by Crippen LogP contribution is -2.00. The molecule has 5 heteroatoms. The molecule has 0 spiro atoms. The fourth-order valence-corrected chi connectivity index (χ4v) is 2.50. The average molecular weight is 338 g/mol. The molecule has 0 radical (unpaired) electrons. The number of allylic oxidation sites excluding steroid dienone is 1. The van der Waals surface area contributed by atoms with Gasteiger partial charge < -0.3 is 19.9 Å². The molecule has 2 aromatic carbocycles. The van der Waals surface area contributed by atoms with Gasteiger partial charge in [-0.25, -0.2) is 0 Å². The number of ether oxygens (including phenoxy) is 3. The van der Waals surface area contributed by atoms with Crippen LogP contribution in [0.1, 0.15) is 25.0 Å². The molecule has 0 unspecified atom stereocenters. The summed E-state index contributed by atoms with van der Waals surface area (Å²) in [7, 11) is 1.56. The Bertz CT molecular complexity index is 807. The fraction of sp³-hybridized carbons (Fsp3) is 0.250. The number of rotatable bonds is 7. The van der Waals surface area contributed by atoms with Crippen molar-refractivity contribution in [2.24, 2.45) is 0 Å². The van der Waals surface area contributed by atoms with Gasteiger partial charge in [-0.3, -0.25) is 0 Å². The normalized spacial score (nSPS) is 10.9. The molecule has 0 amide bonds. The van der Waals surface area contributed by atoms with Crippen LogP contribution in [0.15, 0.2) is 42.5 Å². The van der Waals surface area contributed by atoms with Crippen LogP contribution in [0.2, 0.25) is 0 Å². The standard InChI is InChI=1S/C20H22N2O3/c1-4-24-18-9-7-15(13-20(18)25-5-2)16(10-11-21)14-6-8-17(22)19(12-14)23-3/h6-10,12-13H,4-5,22H2,1-3H3/b16-10-. The van der Waals surface area contributed by atoms with Crippen LogP contribution in [0.4, 0.5) is 5.69 Å². The van der Waals surface area contributed by atoms with Gasteiger partial charge in [-0.15, -0.1) is 0 Å². The maximum Gasteiger partial charge on any atom is 0.161 e. The Kier molecular flexibility index (Phi) is 6.30. The summed E-state index contributed by atoms with van der Waals surface area (Å²) in [6.45, 7) is 4.91. The van der Waals surface area contributed by atoms with Gasteiger partial charge in [0.1, 0.15) is 5.75 Å². The summed E-state index contributed by atoms with van der Waals surface area (Å²) < 4.78 is 16.6. The van der Waals surface area contributed by atoms with Gasteiger partial charge in [0.25, 0.3) is 0 Å². The molecule has 0 aliphatic carbocycles. The van der Waals surface area contributed by atoms with E-state index in [1.165, 1.54) is 6.08 Å². The Morgan fingerprint density at radius 1 is 1.00 bits per heavy atom. The SMILES string of the molecule is CCOc1ccc(/C(=C\C#N)c2ccc(N)c(OC)c2)cc1OCC. The van der Waals surface area contributed by atoms with Crippen molar-refractivity contribution in [2.45, 2.75) is 13.8 Å². The van der Waals surface area contributed by atoms with Crippen molar-refractivity contribution in [1.29, 1.82) is 5.26 Å². The largest absolute Gasteiger partial charge is 0.495 e. The maximum absolute atomic E-state index is 9.21. The zero-order chi connectivity index (χ0) is 18.2. The first kappa shape index (κ1) is 18.2. The third-order valence-electron chi connectivity index (χ3n) is 3.61. The number of nitrogen functional groups attached to an aromatic ring is 1. The van der Waals surface area contributed by atoms with Gasteiger partial charge in [0, 0.05) is 6.08 Å². The van der Waals surface area contributed by atoms with Crippen LogP contribution in [0.3, 0.4) is 0 Å². The molecule has 2 aromatic rings. The second-order valence-electron chi connectivity index (χ2n) is 5.17. The lowest BCUT2D eigenvalue weighted by molar-refractivity contribution is 0.287. The number of benzene rings is 2. The highest BCUT2D eigenvalue weighted by molar-refractivity contribution is 5.83. The Morgan fingerprint density at radius 3 is 2.20 bits per heavy atom. The van der Waals surface area contributed by atoms with Crippen LogP contribution in [0.25, 0.3) is 5.57 Å². The molecule has 0 atom stereocenters. The van der Waals surface area contributed by atoms with E-state index in [1.807, 2.05) is 44.2 Å². The van der Waals surface area contributed by atoms with Crippen molar-refractivity contribution < 1.29 is 14.2 Å². The van der Waals surface area contributed by atoms with Crippen LogP contribution in [-0.4, -0.2) is 20.3 Å². The van der Waals surface area contributed by atoms with Crippen molar-refractivity contribution in [3.05, 3.63) is 53.6 Å². The molecule has 130 valence electrons. The van der Waals surface area contributed by atoms with E-state index in [4.69, 9.17) is 19.9 Å². The van der Waals surface area contributed by atoms with Gasteiger partial charge in [-0.05, 0) is 54.8 Å². The zero-order valence-corrected chi connectivity index (χ0v) is 14.7. The second kappa shape index (κ2) is 8.65. The minimum Gasteiger partial charge on any atom is -0.495 e. The van der Waals surface area contributed by atoms with E-state index in [-0.39, 0.29) is 0 Å². The molecule has 0 fully saturated rings. The van der Waals surface area contributed by atoms with Crippen molar-refractivity contribution in [1.82, 2.24) is 0 Å². The van der Waals surface area contributed by atoms with Gasteiger partial charge >= 0.3 is 0 Å². The molecule has 0 aliphatic heterocycles. The summed E-state index contributed by atoms with van der Waals surface area (Å²) in [6, 6.07) is 13.2. The van der Waals surface area contributed by atoms with Crippen molar-refractivity contribution in [3.8, 4) is 23.3 Å². The predicted molar refractivity (Wildman–Crippen MR) is 98.9 cm³/mol. The van der Waals surface area contributed by atoms with E-state index >= 15 is 0 Å². The zero-order valence-electron chi connectivity index (χ0n) is 14.7. The smallest absolute Gasteiger partial charge is 0.161 e. The van der Waals surface area contributed by atoms with Gasteiger partial charge in [-0.2, -0.15) is 5.26 Å². The lowest BCUT2D eigenvalue weighted by atomic mass is 9.96. The van der Waals surface area contributed by atoms with Gasteiger partial charge in [-0.1, -0.05) is 12.1 Å². The van der Waals surface area contributed by atoms with Crippen LogP contribution in [0.5, 0.6) is 17.2 Å². The molecule has 0 aliphatic rings. The van der Waals surface area contributed by atoms with Crippen LogP contribution in [0, 0.1) is 11.3 Å². The maximum atomic E-state index is 9.21. The van der Waals surface area contributed by atoms with E-state index in [0.717, 1.165) is 16.7 Å². The number of hydrogen-bond donors (Lipinski definition) is 1. The molecular weight excluding hydrogens is 316 g/mol. The third kappa shape index (κ3) is 4.24. The minimum atomic E-state index is 0.524. The monoisotopic (exact) mass is 338 g/mol. The Balaban J connectivity index is 2.53. The van der Waals surface area contributed by atoms with E-state index < -0.39 is 0 Å².